The molecule has 1 aromatic carbocycles. The van der Waals surface area contributed by atoms with Crippen LogP contribution in [0.15, 0.2) is 30.3 Å². The minimum Gasteiger partial charge on any atom is -0.466 e. The standard InChI is InChI=1S/C24H34N2O4/c1-3-30-23(29)20-8-7-14-26(18-20)22(28)11-15-25-16-12-24(13-17-25,19(2)27)21-9-5-4-6-10-21/h4-6,9-10,20H,3,7-8,11-18H2,1-2H3. The van der Waals surface area contributed by atoms with Gasteiger partial charge in [-0.25, -0.2) is 0 Å². The summed E-state index contributed by atoms with van der Waals surface area (Å²) in [5.41, 5.74) is 0.702. The zero-order valence-corrected chi connectivity index (χ0v) is 18.3. The molecule has 6 nitrogen and oxygen atoms in total. The molecule has 0 aromatic heterocycles. The lowest BCUT2D eigenvalue weighted by Gasteiger charge is -2.41. The fraction of sp³-hybridized carbons (Fsp3) is 0.625. The van der Waals surface area contributed by atoms with Gasteiger partial charge in [0.1, 0.15) is 5.78 Å². The van der Waals surface area contributed by atoms with Gasteiger partial charge in [0.05, 0.1) is 17.9 Å². The summed E-state index contributed by atoms with van der Waals surface area (Å²) in [5, 5.41) is 0. The van der Waals surface area contributed by atoms with Crippen LogP contribution in [0.1, 0.15) is 51.5 Å². The van der Waals surface area contributed by atoms with E-state index in [0.717, 1.165) is 50.9 Å². The monoisotopic (exact) mass is 414 g/mol. The lowest BCUT2D eigenvalue weighted by atomic mass is 9.70. The zero-order chi connectivity index (χ0) is 21.6. The summed E-state index contributed by atoms with van der Waals surface area (Å²) in [6.45, 7) is 7.39. The molecule has 30 heavy (non-hydrogen) atoms. The van der Waals surface area contributed by atoms with Gasteiger partial charge in [0.15, 0.2) is 0 Å². The summed E-state index contributed by atoms with van der Waals surface area (Å²) < 4.78 is 5.13. The third-order valence-electron chi connectivity index (χ3n) is 6.75. The molecule has 0 radical (unpaired) electrons. The number of likely N-dealkylation sites (tertiary alicyclic amines) is 2. The van der Waals surface area contributed by atoms with Gasteiger partial charge in [-0.15, -0.1) is 0 Å². The van der Waals surface area contributed by atoms with E-state index in [1.54, 1.807) is 13.8 Å². The number of hydrogen-bond donors (Lipinski definition) is 0. The van der Waals surface area contributed by atoms with Gasteiger partial charge in [-0.3, -0.25) is 14.4 Å². The van der Waals surface area contributed by atoms with Crippen molar-refractivity contribution in [2.45, 2.75) is 51.4 Å². The number of esters is 1. The number of ketones is 1. The van der Waals surface area contributed by atoms with Gasteiger partial charge in [0.2, 0.25) is 5.91 Å². The molecule has 2 fully saturated rings. The number of benzene rings is 1. The summed E-state index contributed by atoms with van der Waals surface area (Å²) in [7, 11) is 0. The number of hydrogen-bond acceptors (Lipinski definition) is 5. The number of amides is 1. The van der Waals surface area contributed by atoms with Crippen molar-refractivity contribution < 1.29 is 19.1 Å². The molecule has 1 aromatic rings. The van der Waals surface area contributed by atoms with Crippen LogP contribution in [0.25, 0.3) is 0 Å². The fourth-order valence-corrected chi connectivity index (χ4v) is 4.83. The van der Waals surface area contributed by atoms with Crippen molar-refractivity contribution >= 4 is 17.7 Å². The minimum absolute atomic E-state index is 0.107. The highest BCUT2D eigenvalue weighted by Gasteiger charge is 2.40. The van der Waals surface area contributed by atoms with Crippen molar-refractivity contribution in [3.8, 4) is 0 Å². The molecule has 1 unspecified atom stereocenters. The van der Waals surface area contributed by atoms with Crippen LogP contribution in [0.2, 0.25) is 0 Å². The maximum Gasteiger partial charge on any atom is 0.310 e. The molecule has 0 bridgehead atoms. The molecular weight excluding hydrogens is 380 g/mol. The molecule has 164 valence electrons. The molecule has 3 rings (SSSR count). The Hall–Kier alpha value is -2.21. The van der Waals surface area contributed by atoms with Gasteiger partial charge in [0, 0.05) is 26.1 Å². The number of rotatable bonds is 7. The number of carbonyl (C=O) groups excluding carboxylic acids is 3. The highest BCUT2D eigenvalue weighted by Crippen LogP contribution is 2.36. The fourth-order valence-electron chi connectivity index (χ4n) is 4.83. The number of Topliss-reactive ketones (excluding diaryl/α,β-unsaturated/α-hetero) is 1. The largest absolute Gasteiger partial charge is 0.466 e. The van der Waals surface area contributed by atoms with E-state index in [9.17, 15) is 14.4 Å². The van der Waals surface area contributed by atoms with Crippen molar-refractivity contribution in [1.82, 2.24) is 9.80 Å². The molecule has 2 saturated heterocycles. The third kappa shape index (κ3) is 5.09. The van der Waals surface area contributed by atoms with Gasteiger partial charge in [-0.05, 0) is 58.2 Å². The molecule has 2 heterocycles. The lowest BCUT2D eigenvalue weighted by molar-refractivity contribution is -0.151. The molecule has 0 spiro atoms. The summed E-state index contributed by atoms with van der Waals surface area (Å²) >= 11 is 0. The van der Waals surface area contributed by atoms with Crippen LogP contribution in [0.3, 0.4) is 0 Å². The first-order valence-corrected chi connectivity index (χ1v) is 11.2. The average molecular weight is 415 g/mol. The van der Waals surface area contributed by atoms with E-state index in [0.29, 0.717) is 26.1 Å². The summed E-state index contributed by atoms with van der Waals surface area (Å²) in [4.78, 5) is 41.3. The minimum atomic E-state index is -0.401. The molecule has 6 heteroatoms. The first-order valence-electron chi connectivity index (χ1n) is 11.2. The Kier molecular flexibility index (Phi) is 7.64. The molecule has 2 aliphatic heterocycles. The normalized spacial score (nSPS) is 21.8. The van der Waals surface area contributed by atoms with E-state index in [4.69, 9.17) is 4.74 Å². The second kappa shape index (κ2) is 10.2. The van der Waals surface area contributed by atoms with Gasteiger partial charge >= 0.3 is 5.97 Å². The Morgan fingerprint density at radius 1 is 1.10 bits per heavy atom. The highest BCUT2D eigenvalue weighted by molar-refractivity contribution is 5.88. The Morgan fingerprint density at radius 3 is 2.43 bits per heavy atom. The molecule has 1 amide bonds. The SMILES string of the molecule is CCOC(=O)C1CCCN(C(=O)CCN2CCC(C(C)=O)(c3ccccc3)CC2)C1. The zero-order valence-electron chi connectivity index (χ0n) is 18.3. The van der Waals surface area contributed by atoms with E-state index >= 15 is 0 Å². The Morgan fingerprint density at radius 2 is 1.80 bits per heavy atom. The summed E-state index contributed by atoms with van der Waals surface area (Å²) in [6.07, 6.45) is 3.66. The maximum absolute atomic E-state index is 12.7. The van der Waals surface area contributed by atoms with Crippen LogP contribution in [0.5, 0.6) is 0 Å². The van der Waals surface area contributed by atoms with Gasteiger partial charge in [-0.2, -0.15) is 0 Å². The van der Waals surface area contributed by atoms with Gasteiger partial charge < -0.3 is 14.5 Å². The maximum atomic E-state index is 12.7. The first kappa shape index (κ1) is 22.5. The second-order valence-electron chi connectivity index (χ2n) is 8.53. The van der Waals surface area contributed by atoms with E-state index in [-0.39, 0.29) is 23.6 Å². The van der Waals surface area contributed by atoms with Crippen molar-refractivity contribution in [3.63, 3.8) is 0 Å². The molecule has 0 N–H and O–H groups in total. The molecule has 0 saturated carbocycles. The average Bonchev–Trinajstić information content (AvgIpc) is 2.78. The predicted octanol–water partition coefficient (Wildman–Crippen LogP) is 2.80. The number of ether oxygens (including phenoxy) is 1. The van der Waals surface area contributed by atoms with Crippen molar-refractivity contribution in [2.24, 2.45) is 5.92 Å². The predicted molar refractivity (Wildman–Crippen MR) is 115 cm³/mol. The lowest BCUT2D eigenvalue weighted by Crippen LogP contribution is -2.48. The topological polar surface area (TPSA) is 66.9 Å². The highest BCUT2D eigenvalue weighted by atomic mass is 16.5. The number of piperidine rings is 2. The van der Waals surface area contributed by atoms with Crippen LogP contribution >= 0.6 is 0 Å². The van der Waals surface area contributed by atoms with Crippen LogP contribution in [0, 0.1) is 5.92 Å². The van der Waals surface area contributed by atoms with E-state index in [2.05, 4.69) is 17.0 Å². The van der Waals surface area contributed by atoms with E-state index in [1.807, 2.05) is 23.1 Å². The summed E-state index contributed by atoms with van der Waals surface area (Å²) in [5.74, 6) is -0.0505. The van der Waals surface area contributed by atoms with Crippen molar-refractivity contribution in [1.29, 1.82) is 0 Å². The quantitative estimate of drug-likeness (QED) is 0.642. The van der Waals surface area contributed by atoms with Crippen LogP contribution in [-0.2, 0) is 24.5 Å². The second-order valence-corrected chi connectivity index (χ2v) is 8.53. The van der Waals surface area contributed by atoms with Crippen LogP contribution in [-0.4, -0.2) is 66.8 Å². The van der Waals surface area contributed by atoms with Crippen molar-refractivity contribution in [2.75, 3.05) is 39.3 Å². The van der Waals surface area contributed by atoms with Crippen molar-refractivity contribution in [3.05, 3.63) is 35.9 Å². The smallest absolute Gasteiger partial charge is 0.310 e. The number of carbonyl (C=O) groups is 3. The molecule has 2 aliphatic rings. The van der Waals surface area contributed by atoms with Crippen LogP contribution in [0.4, 0.5) is 0 Å². The van der Waals surface area contributed by atoms with E-state index < -0.39 is 5.41 Å². The molecule has 0 aliphatic carbocycles. The number of nitrogens with zero attached hydrogens (tertiary/aromatic N) is 2. The van der Waals surface area contributed by atoms with Gasteiger partial charge in [0.25, 0.3) is 0 Å². The van der Waals surface area contributed by atoms with Gasteiger partial charge in [-0.1, -0.05) is 30.3 Å². The Bertz CT molecular complexity index is 741. The van der Waals surface area contributed by atoms with E-state index in [1.165, 1.54) is 0 Å². The Labute approximate surface area is 179 Å². The van der Waals surface area contributed by atoms with Crippen LogP contribution < -0.4 is 0 Å². The Balaban J connectivity index is 1.50. The molecule has 1 atom stereocenters. The molecular formula is C24H34N2O4. The summed E-state index contributed by atoms with van der Waals surface area (Å²) in [6, 6.07) is 10.1. The third-order valence-corrected chi connectivity index (χ3v) is 6.75. The first-order chi connectivity index (χ1) is 14.5.